The maximum atomic E-state index is 13.8. The molecule has 3 aliphatic rings. The van der Waals surface area contributed by atoms with Gasteiger partial charge < -0.3 is 9.64 Å². The van der Waals surface area contributed by atoms with Gasteiger partial charge in [0.05, 0.1) is 11.0 Å². The van der Waals surface area contributed by atoms with Crippen LogP contribution in [0.25, 0.3) is 0 Å². The summed E-state index contributed by atoms with van der Waals surface area (Å²) in [6.07, 6.45) is 5.84. The molecular weight excluding hydrogens is 412 g/mol. The summed E-state index contributed by atoms with van der Waals surface area (Å²) in [5, 5.41) is 0. The van der Waals surface area contributed by atoms with Crippen molar-refractivity contribution in [3.05, 3.63) is 29.3 Å². The normalized spacial score (nSPS) is 25.0. The molecule has 0 bridgehead atoms. The van der Waals surface area contributed by atoms with E-state index in [1.807, 2.05) is 24.8 Å². The van der Waals surface area contributed by atoms with E-state index in [1.165, 1.54) is 0 Å². The first-order valence-corrected chi connectivity index (χ1v) is 13.3. The summed E-state index contributed by atoms with van der Waals surface area (Å²) in [7, 11) is -3.76. The van der Waals surface area contributed by atoms with Gasteiger partial charge in [-0.05, 0) is 75.8 Å². The molecule has 3 fully saturated rings. The van der Waals surface area contributed by atoms with Gasteiger partial charge in [0.1, 0.15) is 0 Å². The second-order valence-electron chi connectivity index (χ2n) is 9.53. The van der Waals surface area contributed by atoms with Crippen molar-refractivity contribution in [2.24, 2.45) is 0 Å². The molecule has 2 aliphatic heterocycles. The Morgan fingerprint density at radius 3 is 2.48 bits per heavy atom. The minimum absolute atomic E-state index is 0.179. The molecule has 0 N–H and O–H groups in total. The van der Waals surface area contributed by atoms with Crippen LogP contribution in [0.1, 0.15) is 56.1 Å². The molecule has 1 atom stereocenters. The van der Waals surface area contributed by atoms with Crippen molar-refractivity contribution in [3.8, 4) is 0 Å². The summed E-state index contributed by atoms with van der Waals surface area (Å²) in [5.41, 5.74) is 2.01. The van der Waals surface area contributed by atoms with E-state index < -0.39 is 14.6 Å². The number of nitrogens with zero attached hydrogens (tertiary/aromatic N) is 2. The summed E-state index contributed by atoms with van der Waals surface area (Å²) in [6.45, 7) is 8.60. The Kier molecular flexibility index (Phi) is 6.75. The van der Waals surface area contributed by atoms with Crippen LogP contribution in [0.15, 0.2) is 23.1 Å². The van der Waals surface area contributed by atoms with E-state index in [0.717, 1.165) is 69.5 Å². The zero-order chi connectivity index (χ0) is 22.1. The fourth-order valence-electron chi connectivity index (χ4n) is 5.37. The molecule has 2 saturated heterocycles. The van der Waals surface area contributed by atoms with Crippen molar-refractivity contribution >= 4 is 15.7 Å². The highest BCUT2D eigenvalue weighted by molar-refractivity contribution is 7.93. The number of aryl methyl sites for hydroxylation is 2. The molecule has 0 radical (unpaired) electrons. The molecular formula is C24H36N2O4S. The molecule has 1 saturated carbocycles. The average molecular weight is 449 g/mol. The molecule has 2 heterocycles. The quantitative estimate of drug-likeness (QED) is 0.692. The van der Waals surface area contributed by atoms with E-state index in [-0.39, 0.29) is 5.91 Å². The van der Waals surface area contributed by atoms with E-state index in [9.17, 15) is 13.2 Å². The maximum absolute atomic E-state index is 13.8. The number of rotatable bonds is 5. The van der Waals surface area contributed by atoms with Crippen LogP contribution < -0.4 is 0 Å². The summed E-state index contributed by atoms with van der Waals surface area (Å²) in [4.78, 5) is 18.3. The zero-order valence-electron chi connectivity index (χ0n) is 18.9. The van der Waals surface area contributed by atoms with Gasteiger partial charge in [-0.3, -0.25) is 9.69 Å². The third-order valence-electron chi connectivity index (χ3n) is 7.47. The van der Waals surface area contributed by atoms with Gasteiger partial charge in [0.15, 0.2) is 14.6 Å². The highest BCUT2D eigenvalue weighted by atomic mass is 32.2. The molecule has 0 unspecified atom stereocenters. The smallest absolute Gasteiger partial charge is 0.244 e. The van der Waals surface area contributed by atoms with E-state index in [4.69, 9.17) is 4.74 Å². The van der Waals surface area contributed by atoms with Crippen LogP contribution in [0.4, 0.5) is 0 Å². The van der Waals surface area contributed by atoms with Gasteiger partial charge in [-0.25, -0.2) is 8.42 Å². The van der Waals surface area contributed by atoms with Gasteiger partial charge in [-0.2, -0.15) is 0 Å². The predicted octanol–water partition coefficient (Wildman–Crippen LogP) is 3.10. The third-order valence-corrected chi connectivity index (χ3v) is 9.95. The van der Waals surface area contributed by atoms with Crippen LogP contribution in [-0.2, 0) is 19.4 Å². The molecule has 6 nitrogen and oxygen atoms in total. The first-order chi connectivity index (χ1) is 14.8. The first-order valence-electron chi connectivity index (χ1n) is 11.8. The number of carbonyl (C=O) groups excluding carboxylic acids is 1. The van der Waals surface area contributed by atoms with E-state index >= 15 is 0 Å². The summed E-state index contributed by atoms with van der Waals surface area (Å²) in [5.74, 6) is -0.179. The number of hydrogen-bond donors (Lipinski definition) is 0. The number of hydrogen-bond acceptors (Lipinski definition) is 5. The van der Waals surface area contributed by atoms with E-state index in [0.29, 0.717) is 36.9 Å². The van der Waals surface area contributed by atoms with Crippen molar-refractivity contribution < 1.29 is 17.9 Å². The Labute approximate surface area is 186 Å². The van der Waals surface area contributed by atoms with Gasteiger partial charge in [0.25, 0.3) is 0 Å². The van der Waals surface area contributed by atoms with Crippen LogP contribution in [0, 0.1) is 13.8 Å². The molecule has 1 aliphatic carbocycles. The van der Waals surface area contributed by atoms with Gasteiger partial charge in [-0.15, -0.1) is 0 Å². The van der Waals surface area contributed by atoms with Crippen LogP contribution in [0.2, 0.25) is 0 Å². The molecule has 31 heavy (non-hydrogen) atoms. The molecule has 7 heteroatoms. The highest BCUT2D eigenvalue weighted by Gasteiger charge is 2.54. The number of benzene rings is 1. The zero-order valence-corrected chi connectivity index (χ0v) is 19.8. The van der Waals surface area contributed by atoms with Crippen LogP contribution >= 0.6 is 0 Å². The minimum atomic E-state index is -3.76. The summed E-state index contributed by atoms with van der Waals surface area (Å²) < 4.78 is 32.1. The van der Waals surface area contributed by atoms with E-state index in [2.05, 4.69) is 4.90 Å². The summed E-state index contributed by atoms with van der Waals surface area (Å²) >= 11 is 0. The number of carbonyl (C=O) groups is 1. The lowest BCUT2D eigenvalue weighted by Gasteiger charge is -2.34. The Morgan fingerprint density at radius 2 is 1.81 bits per heavy atom. The standard InChI is InChI=1S/C24H36N2O4S/c1-19-8-9-22(17-20(19)2)31(28,29)24(10-3-4-11-24)23(27)26-13-6-12-25(14-15-26)18-21-7-5-16-30-21/h8-9,17,21H,3-7,10-16,18H2,1-2H3/t21-/m1/s1. The number of amides is 1. The lowest BCUT2D eigenvalue weighted by Crippen LogP contribution is -2.53. The van der Waals surface area contributed by atoms with E-state index in [1.54, 1.807) is 12.1 Å². The molecule has 172 valence electrons. The second kappa shape index (κ2) is 9.20. The molecule has 0 spiro atoms. The Bertz CT molecular complexity index is 902. The monoisotopic (exact) mass is 448 g/mol. The Hall–Kier alpha value is -1.44. The fourth-order valence-corrected chi connectivity index (χ4v) is 7.59. The predicted molar refractivity (Wildman–Crippen MR) is 121 cm³/mol. The SMILES string of the molecule is Cc1ccc(S(=O)(=O)C2(C(=O)N3CCCN(C[C@H]4CCCO4)CC3)CCCC2)cc1C. The van der Waals surface area contributed by atoms with Crippen molar-refractivity contribution in [3.63, 3.8) is 0 Å². The van der Waals surface area contributed by atoms with Crippen LogP contribution in [0.3, 0.4) is 0 Å². The Morgan fingerprint density at radius 1 is 1.03 bits per heavy atom. The van der Waals surface area contributed by atoms with Crippen molar-refractivity contribution in [2.75, 3.05) is 39.3 Å². The van der Waals surface area contributed by atoms with Crippen LogP contribution in [0.5, 0.6) is 0 Å². The molecule has 0 aromatic heterocycles. The average Bonchev–Trinajstić information content (AvgIpc) is 3.39. The highest BCUT2D eigenvalue weighted by Crippen LogP contribution is 2.42. The lowest BCUT2D eigenvalue weighted by molar-refractivity contribution is -0.133. The minimum Gasteiger partial charge on any atom is -0.377 e. The van der Waals surface area contributed by atoms with Gasteiger partial charge in [-0.1, -0.05) is 18.9 Å². The van der Waals surface area contributed by atoms with Gasteiger partial charge in [0, 0.05) is 32.8 Å². The first kappa shape index (κ1) is 22.7. The maximum Gasteiger partial charge on any atom is 0.244 e. The summed E-state index contributed by atoms with van der Waals surface area (Å²) in [6, 6.07) is 5.27. The Balaban J connectivity index is 1.53. The van der Waals surface area contributed by atoms with Gasteiger partial charge >= 0.3 is 0 Å². The van der Waals surface area contributed by atoms with Gasteiger partial charge in [0.2, 0.25) is 5.91 Å². The molecule has 1 aromatic carbocycles. The number of ether oxygens (including phenoxy) is 1. The van der Waals surface area contributed by atoms with Crippen molar-refractivity contribution in [1.29, 1.82) is 0 Å². The second-order valence-corrected chi connectivity index (χ2v) is 11.8. The van der Waals surface area contributed by atoms with Crippen LogP contribution in [-0.4, -0.2) is 74.3 Å². The fraction of sp³-hybridized carbons (Fsp3) is 0.708. The topological polar surface area (TPSA) is 66.9 Å². The molecule has 1 amide bonds. The molecule has 1 aromatic rings. The lowest BCUT2D eigenvalue weighted by atomic mass is 10.1. The van der Waals surface area contributed by atoms with Crippen molar-refractivity contribution in [2.45, 2.75) is 74.5 Å². The third kappa shape index (κ3) is 4.41. The number of sulfone groups is 1. The largest absolute Gasteiger partial charge is 0.377 e. The molecule has 4 rings (SSSR count). The van der Waals surface area contributed by atoms with Crippen molar-refractivity contribution in [1.82, 2.24) is 9.80 Å².